The molecule has 0 heterocycles. The molecule has 0 fully saturated rings. The van der Waals surface area contributed by atoms with E-state index in [-0.39, 0.29) is 12.0 Å². The molecule has 0 radical (unpaired) electrons. The Morgan fingerprint density at radius 2 is 1.67 bits per heavy atom. The van der Waals surface area contributed by atoms with Gasteiger partial charge in [-0.15, -0.1) is 0 Å². The van der Waals surface area contributed by atoms with Crippen LogP contribution < -0.4 is 5.32 Å². The van der Waals surface area contributed by atoms with Gasteiger partial charge in [0.05, 0.1) is 11.3 Å². The number of amides is 1. The minimum Gasteiger partial charge on any atom is -0.393 e. The highest BCUT2D eigenvalue weighted by Crippen LogP contribution is 2.29. The van der Waals surface area contributed by atoms with Gasteiger partial charge in [0.25, 0.3) is 5.91 Å². The highest BCUT2D eigenvalue weighted by atomic mass is 35.5. The van der Waals surface area contributed by atoms with Crippen molar-refractivity contribution in [2.45, 2.75) is 40.7 Å². The van der Waals surface area contributed by atoms with E-state index >= 15 is 0 Å². The monoisotopic (exact) mass is 425 g/mol. The molecule has 2 aromatic rings. The number of oxime groups is 1. The fourth-order valence-corrected chi connectivity index (χ4v) is 3.06. The summed E-state index contributed by atoms with van der Waals surface area (Å²) in [4.78, 5) is 22.3. The van der Waals surface area contributed by atoms with Crippen LogP contribution in [0.15, 0.2) is 69.3 Å². The lowest BCUT2D eigenvalue weighted by atomic mass is 10.0. The molecular weight excluding hydrogens is 398 g/mol. The molecule has 2 aromatic carbocycles. The Balaban J connectivity index is 2.32. The minimum absolute atomic E-state index is 0.0340. The molecule has 30 heavy (non-hydrogen) atoms. The number of rotatable bonds is 7. The summed E-state index contributed by atoms with van der Waals surface area (Å²) < 4.78 is 0. The molecule has 0 bridgehead atoms. The third kappa shape index (κ3) is 6.04. The van der Waals surface area contributed by atoms with Crippen molar-refractivity contribution >= 4 is 34.6 Å². The van der Waals surface area contributed by atoms with E-state index in [1.54, 1.807) is 20.9 Å². The Labute approximate surface area is 183 Å². The molecule has 0 aliphatic carbocycles. The van der Waals surface area contributed by atoms with E-state index in [0.29, 0.717) is 22.0 Å². The lowest BCUT2D eigenvalue weighted by Gasteiger charge is -2.14. The average Bonchev–Trinajstić information content (AvgIpc) is 2.72. The van der Waals surface area contributed by atoms with Crippen molar-refractivity contribution in [1.29, 1.82) is 0 Å². The van der Waals surface area contributed by atoms with Crippen LogP contribution in [0.1, 0.15) is 40.2 Å². The lowest BCUT2D eigenvalue weighted by Crippen LogP contribution is -2.20. The summed E-state index contributed by atoms with van der Waals surface area (Å²) >= 11 is 6.14. The standard InChI is InChI=1S/C24H28ClN3O2/c1-15(2)30-28-17(4)19-11-13-20(14-12-19)21-9-7-8-10-22(21)27-24(29)23(16(3)25)18(5)26-6/h7-15H,1-6H3,(H,27,29)/b23-16-,26-18-,28-17+. The number of nitrogens with zero attached hydrogens (tertiary/aromatic N) is 2. The molecule has 158 valence electrons. The van der Waals surface area contributed by atoms with E-state index < -0.39 is 0 Å². The number of para-hydroxylation sites is 1. The van der Waals surface area contributed by atoms with Crippen LogP contribution in [0, 0.1) is 0 Å². The molecule has 0 unspecified atom stereocenters. The second kappa shape index (κ2) is 10.7. The van der Waals surface area contributed by atoms with Gasteiger partial charge in [-0.25, -0.2) is 0 Å². The van der Waals surface area contributed by atoms with E-state index in [4.69, 9.17) is 16.4 Å². The van der Waals surface area contributed by atoms with Crippen molar-refractivity contribution in [3.8, 4) is 11.1 Å². The Hall–Kier alpha value is -2.92. The number of carbonyl (C=O) groups excluding carboxylic acids is 1. The van der Waals surface area contributed by atoms with Gasteiger partial charge >= 0.3 is 0 Å². The van der Waals surface area contributed by atoms with Crippen LogP contribution >= 0.6 is 11.6 Å². The van der Waals surface area contributed by atoms with Crippen molar-refractivity contribution in [2.75, 3.05) is 12.4 Å². The maximum absolute atomic E-state index is 12.8. The number of carbonyl (C=O) groups is 1. The zero-order chi connectivity index (χ0) is 22.3. The molecule has 0 saturated carbocycles. The first-order valence-electron chi connectivity index (χ1n) is 9.76. The molecule has 1 amide bonds. The fourth-order valence-electron chi connectivity index (χ4n) is 2.84. The van der Waals surface area contributed by atoms with Crippen LogP contribution in [-0.4, -0.2) is 30.5 Å². The van der Waals surface area contributed by atoms with Gasteiger partial charge in [-0.1, -0.05) is 59.2 Å². The maximum atomic E-state index is 12.8. The number of anilines is 1. The molecule has 1 N–H and O–H groups in total. The Kier molecular flexibility index (Phi) is 8.36. The first-order valence-corrected chi connectivity index (χ1v) is 10.1. The molecule has 2 rings (SSSR count). The Morgan fingerprint density at radius 3 is 2.23 bits per heavy atom. The highest BCUT2D eigenvalue weighted by Gasteiger charge is 2.17. The molecule has 0 saturated heterocycles. The van der Waals surface area contributed by atoms with Crippen molar-refractivity contribution in [1.82, 2.24) is 0 Å². The zero-order valence-corrected chi connectivity index (χ0v) is 19.0. The Morgan fingerprint density at radius 1 is 1.03 bits per heavy atom. The predicted octanol–water partition coefficient (Wildman–Crippen LogP) is 6.04. The SMILES string of the molecule is C/N=C(C)\C(C(=O)Nc1ccccc1-c1ccc(/C(C)=N/OC(C)C)cc1)=C(/C)Cl. The summed E-state index contributed by atoms with van der Waals surface area (Å²) in [5.41, 5.74) is 5.31. The summed E-state index contributed by atoms with van der Waals surface area (Å²) in [6.45, 7) is 9.23. The van der Waals surface area contributed by atoms with E-state index in [0.717, 1.165) is 22.4 Å². The highest BCUT2D eigenvalue weighted by molar-refractivity contribution is 6.38. The fraction of sp³-hybridized carbons (Fsp3) is 0.292. The number of hydrogen-bond acceptors (Lipinski definition) is 4. The average molecular weight is 426 g/mol. The van der Waals surface area contributed by atoms with E-state index in [2.05, 4.69) is 15.5 Å². The van der Waals surface area contributed by atoms with E-state index in [1.165, 1.54) is 0 Å². The third-order valence-corrected chi connectivity index (χ3v) is 4.65. The van der Waals surface area contributed by atoms with Crippen molar-refractivity contribution in [3.63, 3.8) is 0 Å². The quantitative estimate of drug-likeness (QED) is 0.333. The molecule has 6 heteroatoms. The van der Waals surface area contributed by atoms with Gasteiger partial charge in [-0.05, 0) is 51.8 Å². The second-order valence-corrected chi connectivity index (χ2v) is 7.69. The maximum Gasteiger partial charge on any atom is 0.258 e. The van der Waals surface area contributed by atoms with Crippen LogP contribution in [0.25, 0.3) is 11.1 Å². The molecule has 0 atom stereocenters. The second-order valence-electron chi connectivity index (χ2n) is 7.13. The van der Waals surface area contributed by atoms with Gasteiger partial charge < -0.3 is 10.2 Å². The topological polar surface area (TPSA) is 63.0 Å². The molecule has 5 nitrogen and oxygen atoms in total. The third-order valence-electron chi connectivity index (χ3n) is 4.46. The number of nitrogens with one attached hydrogen (secondary N) is 1. The van der Waals surface area contributed by atoms with E-state index in [1.807, 2.05) is 69.3 Å². The summed E-state index contributed by atoms with van der Waals surface area (Å²) in [6.07, 6.45) is 0.0340. The van der Waals surface area contributed by atoms with Gasteiger partial charge in [0.1, 0.15) is 6.10 Å². The molecule has 0 aliphatic rings. The Bertz CT molecular complexity index is 986. The van der Waals surface area contributed by atoms with Crippen molar-refractivity contribution < 1.29 is 9.63 Å². The number of halogens is 1. The van der Waals surface area contributed by atoms with Crippen LogP contribution in [0.4, 0.5) is 5.69 Å². The van der Waals surface area contributed by atoms with Crippen molar-refractivity contribution in [2.24, 2.45) is 10.1 Å². The van der Waals surface area contributed by atoms with Gasteiger partial charge in [0.2, 0.25) is 0 Å². The zero-order valence-electron chi connectivity index (χ0n) is 18.3. The van der Waals surface area contributed by atoms with Crippen LogP contribution in [-0.2, 0) is 9.63 Å². The number of hydrogen-bond donors (Lipinski definition) is 1. The summed E-state index contributed by atoms with van der Waals surface area (Å²) in [7, 11) is 1.63. The molecule has 0 aliphatic heterocycles. The smallest absolute Gasteiger partial charge is 0.258 e. The molecule has 0 aromatic heterocycles. The number of aliphatic imine (C=N–C) groups is 1. The molecular formula is C24H28ClN3O2. The largest absolute Gasteiger partial charge is 0.393 e. The summed E-state index contributed by atoms with van der Waals surface area (Å²) in [6, 6.07) is 15.6. The summed E-state index contributed by atoms with van der Waals surface area (Å²) in [5, 5.41) is 7.51. The van der Waals surface area contributed by atoms with Gasteiger partial charge in [0, 0.05) is 29.0 Å². The van der Waals surface area contributed by atoms with Crippen LogP contribution in [0.2, 0.25) is 0 Å². The van der Waals surface area contributed by atoms with Gasteiger partial charge in [-0.3, -0.25) is 9.79 Å². The van der Waals surface area contributed by atoms with Crippen LogP contribution in [0.3, 0.4) is 0 Å². The van der Waals surface area contributed by atoms with Crippen LogP contribution in [0.5, 0.6) is 0 Å². The van der Waals surface area contributed by atoms with Gasteiger partial charge in [0.15, 0.2) is 0 Å². The number of allylic oxidation sites excluding steroid dienone is 1. The normalized spacial score (nSPS) is 13.2. The van der Waals surface area contributed by atoms with Gasteiger partial charge in [-0.2, -0.15) is 0 Å². The lowest BCUT2D eigenvalue weighted by molar-refractivity contribution is -0.112. The predicted molar refractivity (Wildman–Crippen MR) is 127 cm³/mol. The first-order chi connectivity index (χ1) is 14.2. The molecule has 0 spiro atoms. The summed E-state index contributed by atoms with van der Waals surface area (Å²) in [5.74, 6) is -0.288. The van der Waals surface area contributed by atoms with Crippen molar-refractivity contribution in [3.05, 3.63) is 64.7 Å². The first kappa shape index (κ1) is 23.4. The minimum atomic E-state index is -0.288. The number of benzene rings is 2. The van der Waals surface area contributed by atoms with E-state index in [9.17, 15) is 4.79 Å².